The van der Waals surface area contributed by atoms with Crippen molar-refractivity contribution in [1.82, 2.24) is 0 Å². The van der Waals surface area contributed by atoms with Crippen LogP contribution >= 0.6 is 0 Å². The normalized spacial score (nSPS) is 10.0. The van der Waals surface area contributed by atoms with Crippen molar-refractivity contribution in [3.8, 4) is 0 Å². The van der Waals surface area contributed by atoms with Gasteiger partial charge >= 0.3 is 35.5 Å². The van der Waals surface area contributed by atoms with Crippen LogP contribution in [0.15, 0.2) is 0 Å². The fourth-order valence-corrected chi connectivity index (χ4v) is 2.25. The van der Waals surface area contributed by atoms with Crippen LogP contribution in [-0.4, -0.2) is 11.8 Å². The fourth-order valence-electron chi connectivity index (χ4n) is 2.25. The Hall–Kier alpha value is 0.1000. The standard InChI is InChI=1S/C16H31NO3.Na.H/c1-2-3-4-5-6-7-8-9-10-12-15(18)13-11-14-16(19)20-17;;/h2-14,17H2,1H3;;/q;+1;-1. The van der Waals surface area contributed by atoms with Gasteiger partial charge in [-0.15, -0.1) is 0 Å². The van der Waals surface area contributed by atoms with E-state index in [1.54, 1.807) is 0 Å². The largest absolute Gasteiger partial charge is 1.00 e. The van der Waals surface area contributed by atoms with Gasteiger partial charge in [-0.25, -0.2) is 0 Å². The van der Waals surface area contributed by atoms with E-state index in [0.29, 0.717) is 19.3 Å². The van der Waals surface area contributed by atoms with E-state index < -0.39 is 5.97 Å². The molecule has 0 aliphatic heterocycles. The van der Waals surface area contributed by atoms with Crippen LogP contribution in [0.25, 0.3) is 0 Å². The number of hydrogen-bond acceptors (Lipinski definition) is 4. The summed E-state index contributed by atoms with van der Waals surface area (Å²) >= 11 is 0. The topological polar surface area (TPSA) is 69.4 Å². The smallest absolute Gasteiger partial charge is 1.00 e. The van der Waals surface area contributed by atoms with E-state index in [1.807, 2.05) is 0 Å². The van der Waals surface area contributed by atoms with Gasteiger partial charge in [-0.3, -0.25) is 9.59 Å². The minimum absolute atomic E-state index is 0. The number of unbranched alkanes of at least 4 members (excludes halogenated alkanes) is 8. The predicted octanol–water partition coefficient (Wildman–Crippen LogP) is 1.18. The van der Waals surface area contributed by atoms with Crippen LogP contribution in [0.1, 0.15) is 91.8 Å². The zero-order chi connectivity index (χ0) is 15.1. The summed E-state index contributed by atoms with van der Waals surface area (Å²) in [7, 11) is 0. The molecule has 0 heterocycles. The van der Waals surface area contributed by atoms with Crippen LogP contribution in [-0.2, 0) is 14.4 Å². The van der Waals surface area contributed by atoms with Crippen LogP contribution < -0.4 is 35.5 Å². The molecule has 0 bridgehead atoms. The second-order valence-corrected chi connectivity index (χ2v) is 5.46. The van der Waals surface area contributed by atoms with Crippen molar-refractivity contribution in [2.75, 3.05) is 0 Å². The Morgan fingerprint density at radius 2 is 1.29 bits per heavy atom. The first kappa shape index (κ1) is 23.4. The SMILES string of the molecule is CCCCCCCCCCCC(=O)CCCC(=O)ON.[H-].[Na+]. The summed E-state index contributed by atoms with van der Waals surface area (Å²) in [5.41, 5.74) is 0. The van der Waals surface area contributed by atoms with Crippen molar-refractivity contribution in [2.24, 2.45) is 5.90 Å². The van der Waals surface area contributed by atoms with Crippen molar-refractivity contribution in [1.29, 1.82) is 0 Å². The van der Waals surface area contributed by atoms with E-state index in [1.165, 1.54) is 44.9 Å². The molecular weight excluding hydrogens is 277 g/mol. The van der Waals surface area contributed by atoms with E-state index in [9.17, 15) is 9.59 Å². The minimum Gasteiger partial charge on any atom is -1.00 e. The van der Waals surface area contributed by atoms with Gasteiger partial charge in [-0.05, 0) is 12.8 Å². The van der Waals surface area contributed by atoms with Crippen LogP contribution in [0.2, 0.25) is 0 Å². The third-order valence-electron chi connectivity index (χ3n) is 3.53. The Morgan fingerprint density at radius 1 is 0.810 bits per heavy atom. The van der Waals surface area contributed by atoms with Crippen molar-refractivity contribution in [2.45, 2.75) is 90.4 Å². The van der Waals surface area contributed by atoms with Gasteiger partial charge in [0.15, 0.2) is 0 Å². The number of hydrogen-bond donors (Lipinski definition) is 1. The van der Waals surface area contributed by atoms with Gasteiger partial charge in [0, 0.05) is 19.3 Å². The first-order valence-corrected chi connectivity index (χ1v) is 8.12. The molecule has 0 amide bonds. The summed E-state index contributed by atoms with van der Waals surface area (Å²) in [4.78, 5) is 26.3. The van der Waals surface area contributed by atoms with Gasteiger partial charge in [-0.1, -0.05) is 58.3 Å². The molecule has 0 saturated carbocycles. The first-order chi connectivity index (χ1) is 9.70. The summed E-state index contributed by atoms with van der Waals surface area (Å²) in [6.07, 6.45) is 13.2. The van der Waals surface area contributed by atoms with Crippen LogP contribution in [0.4, 0.5) is 0 Å². The third-order valence-corrected chi connectivity index (χ3v) is 3.53. The van der Waals surface area contributed by atoms with Gasteiger partial charge in [0.1, 0.15) is 5.78 Å². The average Bonchev–Trinajstić information content (AvgIpc) is 2.45. The summed E-state index contributed by atoms with van der Waals surface area (Å²) in [5.74, 6) is 4.52. The van der Waals surface area contributed by atoms with E-state index >= 15 is 0 Å². The summed E-state index contributed by atoms with van der Waals surface area (Å²) in [5, 5.41) is 0. The molecule has 0 spiro atoms. The molecule has 0 aliphatic carbocycles. The van der Waals surface area contributed by atoms with Gasteiger partial charge in [0.05, 0.1) is 0 Å². The molecule has 4 nitrogen and oxygen atoms in total. The Bertz CT molecular complexity index is 266. The molecule has 0 aromatic carbocycles. The molecule has 0 saturated heterocycles. The average molecular weight is 309 g/mol. The van der Waals surface area contributed by atoms with Gasteiger partial charge in [0.2, 0.25) is 0 Å². The molecule has 0 rings (SSSR count). The van der Waals surface area contributed by atoms with E-state index in [2.05, 4.69) is 11.8 Å². The minimum atomic E-state index is -0.444. The van der Waals surface area contributed by atoms with Crippen molar-refractivity contribution in [3.63, 3.8) is 0 Å². The second-order valence-electron chi connectivity index (χ2n) is 5.46. The van der Waals surface area contributed by atoms with Crippen molar-refractivity contribution in [3.05, 3.63) is 0 Å². The quantitative estimate of drug-likeness (QED) is 0.297. The number of Topliss-reactive ketones (excluding diaryl/α,β-unsaturated/α-hetero) is 1. The second kappa shape index (κ2) is 18.1. The Kier molecular flexibility index (Phi) is 20.2. The number of carbonyl (C=O) groups is 2. The van der Waals surface area contributed by atoms with E-state index in [4.69, 9.17) is 5.90 Å². The monoisotopic (exact) mass is 309 g/mol. The molecule has 120 valence electrons. The molecule has 0 aliphatic rings. The Balaban J connectivity index is -0.00000180. The maximum atomic E-state index is 11.5. The predicted molar refractivity (Wildman–Crippen MR) is 82.1 cm³/mol. The zero-order valence-electron chi connectivity index (χ0n) is 15.0. The Labute approximate surface area is 153 Å². The first-order valence-electron chi connectivity index (χ1n) is 8.12. The summed E-state index contributed by atoms with van der Waals surface area (Å²) in [6.45, 7) is 2.23. The molecule has 21 heavy (non-hydrogen) atoms. The van der Waals surface area contributed by atoms with Crippen LogP contribution in [0.3, 0.4) is 0 Å². The molecule has 0 aromatic rings. The van der Waals surface area contributed by atoms with Gasteiger partial charge in [0.25, 0.3) is 0 Å². The maximum absolute atomic E-state index is 11.5. The molecule has 0 atom stereocenters. The molecular formula is C16H32NNaO3. The Morgan fingerprint density at radius 3 is 1.81 bits per heavy atom. The van der Waals surface area contributed by atoms with Crippen LogP contribution in [0.5, 0.6) is 0 Å². The number of rotatable bonds is 14. The van der Waals surface area contributed by atoms with E-state index in [0.717, 1.165) is 12.8 Å². The van der Waals surface area contributed by atoms with Crippen molar-refractivity contribution >= 4 is 11.8 Å². The molecule has 2 N–H and O–H groups in total. The van der Waals surface area contributed by atoms with Gasteiger partial charge in [-0.2, -0.15) is 5.90 Å². The number of carbonyl (C=O) groups excluding carboxylic acids is 2. The molecule has 0 unspecified atom stereocenters. The molecule has 0 radical (unpaired) electrons. The molecule has 0 fully saturated rings. The zero-order valence-corrected chi connectivity index (χ0v) is 16.0. The fraction of sp³-hybridized carbons (Fsp3) is 0.875. The van der Waals surface area contributed by atoms with Crippen LogP contribution in [0, 0.1) is 0 Å². The summed E-state index contributed by atoms with van der Waals surface area (Å²) < 4.78 is 0. The van der Waals surface area contributed by atoms with E-state index in [-0.39, 0.29) is 43.2 Å². The maximum Gasteiger partial charge on any atom is 1.00 e. The van der Waals surface area contributed by atoms with Crippen molar-refractivity contribution < 1.29 is 45.4 Å². The number of nitrogens with two attached hydrogens (primary N) is 1. The molecule has 5 heteroatoms. The third kappa shape index (κ3) is 18.1. The number of ketones is 1. The van der Waals surface area contributed by atoms with Gasteiger partial charge < -0.3 is 6.26 Å². The molecule has 0 aromatic heterocycles. The summed E-state index contributed by atoms with van der Waals surface area (Å²) in [6, 6.07) is 0.